The summed E-state index contributed by atoms with van der Waals surface area (Å²) < 4.78 is 16.4. The molecule has 1 N–H and O–H groups in total. The van der Waals surface area contributed by atoms with E-state index >= 15 is 0 Å². The molecule has 1 aromatic carbocycles. The van der Waals surface area contributed by atoms with Crippen molar-refractivity contribution in [3.8, 4) is 5.69 Å². The summed E-state index contributed by atoms with van der Waals surface area (Å²) in [7, 11) is 0. The third kappa shape index (κ3) is 3.15. The molecule has 0 fully saturated rings. The maximum Gasteiger partial charge on any atom is 0.141 e. The minimum Gasteiger partial charge on any atom is -0.396 e. The normalized spacial score (nSPS) is 11.0. The van der Waals surface area contributed by atoms with E-state index in [9.17, 15) is 4.39 Å². The van der Waals surface area contributed by atoms with Crippen LogP contribution in [0, 0.1) is 5.82 Å². The Morgan fingerprint density at radius 1 is 1.27 bits per heavy atom. The van der Waals surface area contributed by atoms with Crippen molar-refractivity contribution in [2.45, 2.75) is 13.0 Å². The molecule has 2 aromatic heterocycles. The second-order valence-electron chi connectivity index (χ2n) is 4.77. The molecule has 8 heteroatoms. The molecule has 3 rings (SSSR count). The predicted octanol–water partition coefficient (Wildman–Crippen LogP) is 1.84. The van der Waals surface area contributed by atoms with Crippen molar-refractivity contribution < 1.29 is 9.50 Å². The topological polar surface area (TPSA) is 68.8 Å². The number of halogens is 2. The van der Waals surface area contributed by atoms with E-state index in [4.69, 9.17) is 16.7 Å². The molecular weight excluding hydrogens is 309 g/mol. The Morgan fingerprint density at radius 3 is 2.91 bits per heavy atom. The molecule has 0 saturated heterocycles. The minimum absolute atomic E-state index is 0.0373. The summed E-state index contributed by atoms with van der Waals surface area (Å²) in [4.78, 5) is 0. The number of rotatable bonds is 5. The molecule has 6 nitrogen and oxygen atoms in total. The number of hydrogen-bond acceptors (Lipinski definition) is 4. The molecule has 0 spiro atoms. The molecule has 0 amide bonds. The van der Waals surface area contributed by atoms with Crippen molar-refractivity contribution in [2.75, 3.05) is 6.61 Å². The van der Waals surface area contributed by atoms with E-state index < -0.39 is 5.82 Å². The number of aliphatic hydroxyl groups is 1. The maximum atomic E-state index is 13.2. The summed E-state index contributed by atoms with van der Waals surface area (Å²) in [6.45, 7) is 0.549. The van der Waals surface area contributed by atoms with Crippen molar-refractivity contribution in [1.82, 2.24) is 24.8 Å². The largest absolute Gasteiger partial charge is 0.396 e. The van der Waals surface area contributed by atoms with Crippen LogP contribution in [0.1, 0.15) is 11.3 Å². The molecule has 3 aromatic rings. The van der Waals surface area contributed by atoms with Crippen molar-refractivity contribution in [2.24, 2.45) is 0 Å². The molecule has 0 saturated carbocycles. The Labute approximate surface area is 130 Å². The second-order valence-corrected chi connectivity index (χ2v) is 5.18. The summed E-state index contributed by atoms with van der Waals surface area (Å²) in [5.41, 5.74) is 2.30. The third-order valence-corrected chi connectivity index (χ3v) is 3.41. The van der Waals surface area contributed by atoms with Gasteiger partial charge >= 0.3 is 0 Å². The van der Waals surface area contributed by atoms with Gasteiger partial charge in [-0.3, -0.25) is 4.68 Å². The molecular formula is C14H13ClFN5O. The van der Waals surface area contributed by atoms with E-state index in [0.29, 0.717) is 24.3 Å². The summed E-state index contributed by atoms with van der Waals surface area (Å²) in [6, 6.07) is 4.35. The molecule has 0 radical (unpaired) electrons. The van der Waals surface area contributed by atoms with Gasteiger partial charge in [0.15, 0.2) is 0 Å². The van der Waals surface area contributed by atoms with Gasteiger partial charge in [0.05, 0.1) is 29.6 Å². The van der Waals surface area contributed by atoms with Gasteiger partial charge in [0, 0.05) is 12.8 Å². The molecule has 0 aliphatic carbocycles. The summed E-state index contributed by atoms with van der Waals surface area (Å²) in [5, 5.41) is 21.2. The number of hydrogen-bond donors (Lipinski definition) is 1. The Hall–Kier alpha value is -2.25. The van der Waals surface area contributed by atoms with Gasteiger partial charge in [-0.2, -0.15) is 5.10 Å². The molecule has 114 valence electrons. The van der Waals surface area contributed by atoms with E-state index in [1.807, 2.05) is 6.20 Å². The van der Waals surface area contributed by atoms with Crippen LogP contribution in [-0.2, 0) is 13.0 Å². The van der Waals surface area contributed by atoms with Crippen molar-refractivity contribution in [3.05, 3.63) is 58.9 Å². The lowest BCUT2D eigenvalue weighted by molar-refractivity contribution is 0.299. The van der Waals surface area contributed by atoms with Crippen LogP contribution in [0.25, 0.3) is 5.69 Å². The molecule has 0 unspecified atom stereocenters. The summed E-state index contributed by atoms with van der Waals surface area (Å²) in [6.07, 6.45) is 5.86. The lowest BCUT2D eigenvalue weighted by Crippen LogP contribution is -2.00. The average Bonchev–Trinajstić information content (AvgIpc) is 3.13. The molecule has 0 atom stereocenters. The smallest absolute Gasteiger partial charge is 0.141 e. The number of nitrogens with zero attached hydrogens (tertiary/aromatic N) is 5. The highest BCUT2D eigenvalue weighted by Crippen LogP contribution is 2.18. The second kappa shape index (κ2) is 6.25. The van der Waals surface area contributed by atoms with Gasteiger partial charge in [0.2, 0.25) is 0 Å². The zero-order valence-corrected chi connectivity index (χ0v) is 12.3. The highest BCUT2D eigenvalue weighted by atomic mass is 35.5. The van der Waals surface area contributed by atoms with Gasteiger partial charge in [0.1, 0.15) is 11.5 Å². The van der Waals surface area contributed by atoms with E-state index in [2.05, 4.69) is 15.4 Å². The zero-order chi connectivity index (χ0) is 15.5. The standard InChI is InChI=1S/C14H13ClFN5O/c15-13-5-12(1-2-14(13)16)21-9-11(18-19-21)8-20-7-10(3-4-22)6-17-20/h1-2,5-7,9,22H,3-4,8H2. The van der Waals surface area contributed by atoms with E-state index in [1.54, 1.807) is 23.1 Å². The zero-order valence-electron chi connectivity index (χ0n) is 11.5. The van der Waals surface area contributed by atoms with Crippen LogP contribution < -0.4 is 0 Å². The van der Waals surface area contributed by atoms with E-state index in [0.717, 1.165) is 5.56 Å². The molecule has 2 heterocycles. The Kier molecular flexibility index (Phi) is 4.17. The number of aliphatic hydroxyl groups excluding tert-OH is 1. The summed E-state index contributed by atoms with van der Waals surface area (Å²) in [5.74, 6) is -0.473. The van der Waals surface area contributed by atoms with Crippen molar-refractivity contribution >= 4 is 11.6 Å². The minimum atomic E-state index is -0.473. The van der Waals surface area contributed by atoms with Gasteiger partial charge in [0.25, 0.3) is 0 Å². The number of aromatic nitrogens is 5. The van der Waals surface area contributed by atoms with Crippen molar-refractivity contribution in [3.63, 3.8) is 0 Å². The fourth-order valence-electron chi connectivity index (χ4n) is 2.04. The summed E-state index contributed by atoms with van der Waals surface area (Å²) >= 11 is 5.76. The molecule has 22 heavy (non-hydrogen) atoms. The number of benzene rings is 1. The Balaban J connectivity index is 1.76. The van der Waals surface area contributed by atoms with Crippen LogP contribution >= 0.6 is 11.6 Å². The Bertz CT molecular complexity index is 785. The van der Waals surface area contributed by atoms with E-state index in [1.165, 1.54) is 16.8 Å². The van der Waals surface area contributed by atoms with Crippen LogP contribution in [0.4, 0.5) is 4.39 Å². The first kappa shape index (κ1) is 14.7. The lowest BCUT2D eigenvalue weighted by Gasteiger charge is -2.01. The third-order valence-electron chi connectivity index (χ3n) is 3.12. The van der Waals surface area contributed by atoms with Crippen LogP contribution in [0.3, 0.4) is 0 Å². The Morgan fingerprint density at radius 2 is 2.14 bits per heavy atom. The van der Waals surface area contributed by atoms with Gasteiger partial charge in [-0.15, -0.1) is 5.10 Å². The van der Waals surface area contributed by atoms with Gasteiger partial charge in [-0.05, 0) is 30.2 Å². The molecule has 0 aliphatic heterocycles. The first-order chi connectivity index (χ1) is 10.7. The molecule has 0 bridgehead atoms. The van der Waals surface area contributed by atoms with Crippen LogP contribution in [0.2, 0.25) is 5.02 Å². The first-order valence-corrected chi connectivity index (χ1v) is 7.02. The van der Waals surface area contributed by atoms with Gasteiger partial charge in [-0.1, -0.05) is 16.8 Å². The SMILES string of the molecule is OCCc1cnn(Cc2cn(-c3ccc(F)c(Cl)c3)nn2)c1. The predicted molar refractivity (Wildman–Crippen MR) is 78.4 cm³/mol. The average molecular weight is 322 g/mol. The van der Waals surface area contributed by atoms with Crippen molar-refractivity contribution in [1.29, 1.82) is 0 Å². The highest BCUT2D eigenvalue weighted by molar-refractivity contribution is 6.30. The fourth-order valence-corrected chi connectivity index (χ4v) is 2.22. The fraction of sp³-hybridized carbons (Fsp3) is 0.214. The van der Waals surface area contributed by atoms with Gasteiger partial charge < -0.3 is 5.11 Å². The lowest BCUT2D eigenvalue weighted by atomic mass is 10.3. The van der Waals surface area contributed by atoms with Crippen LogP contribution in [0.15, 0.2) is 36.8 Å². The van der Waals surface area contributed by atoms with Crippen LogP contribution in [0.5, 0.6) is 0 Å². The molecule has 0 aliphatic rings. The quantitative estimate of drug-likeness (QED) is 0.778. The van der Waals surface area contributed by atoms with E-state index in [-0.39, 0.29) is 11.6 Å². The van der Waals surface area contributed by atoms with Crippen LogP contribution in [-0.4, -0.2) is 36.5 Å². The maximum absolute atomic E-state index is 13.2. The monoisotopic (exact) mass is 321 g/mol. The highest BCUT2D eigenvalue weighted by Gasteiger charge is 2.07. The van der Waals surface area contributed by atoms with Gasteiger partial charge in [-0.25, -0.2) is 9.07 Å². The first-order valence-electron chi connectivity index (χ1n) is 6.64.